The van der Waals surface area contributed by atoms with E-state index in [2.05, 4.69) is 14.2 Å². The minimum Gasteiger partial charge on any atom is -0.433 e. The van der Waals surface area contributed by atoms with Crippen LogP contribution in [0.4, 0.5) is 35.1 Å². The van der Waals surface area contributed by atoms with Crippen LogP contribution >= 0.6 is 0 Å². The van der Waals surface area contributed by atoms with Gasteiger partial charge in [-0.1, -0.05) is 0 Å². The maximum Gasteiger partial charge on any atom is 0.491 e. The van der Waals surface area contributed by atoms with E-state index in [0.717, 1.165) is 0 Å². The van der Waals surface area contributed by atoms with Gasteiger partial charge in [0.25, 0.3) is 6.10 Å². The highest BCUT2D eigenvalue weighted by Crippen LogP contribution is 2.47. The third kappa shape index (κ3) is 3.19. The molecule has 1 aliphatic rings. The normalized spacial score (nSPS) is 26.7. The van der Waals surface area contributed by atoms with Gasteiger partial charge in [-0.25, -0.2) is 4.74 Å². The summed E-state index contributed by atoms with van der Waals surface area (Å²) in [6.07, 6.45) is -22.7. The molecule has 1 unspecified atom stereocenters. The zero-order chi connectivity index (χ0) is 13.5. The molecule has 1 aliphatic heterocycles. The molecule has 1 fully saturated rings. The third-order valence-electron chi connectivity index (χ3n) is 1.43. The van der Waals surface area contributed by atoms with Crippen LogP contribution in [0.25, 0.3) is 0 Å². The van der Waals surface area contributed by atoms with Crippen LogP contribution in [0.5, 0.6) is 0 Å². The molecule has 0 aromatic rings. The molecule has 0 amide bonds. The van der Waals surface area contributed by atoms with E-state index in [1.165, 1.54) is 0 Å². The van der Waals surface area contributed by atoms with Gasteiger partial charge < -0.3 is 4.74 Å². The number of rotatable bonds is 3. The molecule has 1 atom stereocenters. The largest absolute Gasteiger partial charge is 0.491 e. The van der Waals surface area contributed by atoms with Crippen molar-refractivity contribution in [3.8, 4) is 0 Å². The molecular formula is C6H2F8O3. The van der Waals surface area contributed by atoms with Gasteiger partial charge in [0.2, 0.25) is 0 Å². The average Bonchev–Trinajstić information content (AvgIpc) is 2.31. The number of hydrogen-bond acceptors (Lipinski definition) is 3. The first-order chi connectivity index (χ1) is 7.46. The molecule has 1 heterocycles. The molecule has 3 nitrogen and oxygen atoms in total. The molecule has 0 bridgehead atoms. The summed E-state index contributed by atoms with van der Waals surface area (Å²) in [6.45, 7) is 0. The Balaban J connectivity index is 2.88. The van der Waals surface area contributed by atoms with Crippen molar-refractivity contribution >= 4 is 0 Å². The Morgan fingerprint density at radius 3 is 2.06 bits per heavy atom. The van der Waals surface area contributed by atoms with Crippen molar-refractivity contribution in [3.63, 3.8) is 0 Å². The monoisotopic (exact) mass is 274 g/mol. The topological polar surface area (TPSA) is 27.7 Å². The molecule has 0 aliphatic carbocycles. The maximum absolute atomic E-state index is 12.7. The SMILES string of the molecule is FC(F)=COC(F)(F)C1OC(F)(F)OC1(F)F. The fourth-order valence-corrected chi connectivity index (χ4v) is 0.891. The fraction of sp³-hybridized carbons (Fsp3) is 0.667. The maximum atomic E-state index is 12.7. The van der Waals surface area contributed by atoms with E-state index < -0.39 is 37.0 Å². The summed E-state index contributed by atoms with van der Waals surface area (Å²) in [4.78, 5) is 0. The Labute approximate surface area is 87.5 Å². The highest BCUT2D eigenvalue weighted by molar-refractivity contribution is 4.85. The summed E-state index contributed by atoms with van der Waals surface area (Å²) in [6, 6.07) is 0. The molecular weight excluding hydrogens is 272 g/mol. The van der Waals surface area contributed by atoms with E-state index in [4.69, 9.17) is 0 Å². The summed E-state index contributed by atoms with van der Waals surface area (Å²) in [7, 11) is 0. The predicted octanol–water partition coefficient (Wildman–Crippen LogP) is 2.89. The van der Waals surface area contributed by atoms with Crippen LogP contribution in [0.2, 0.25) is 0 Å². The molecule has 0 aromatic carbocycles. The van der Waals surface area contributed by atoms with Gasteiger partial charge in [0.15, 0.2) is 6.26 Å². The van der Waals surface area contributed by atoms with Gasteiger partial charge in [-0.3, -0.25) is 4.74 Å². The first-order valence-electron chi connectivity index (χ1n) is 3.67. The lowest BCUT2D eigenvalue weighted by molar-refractivity contribution is -0.386. The van der Waals surface area contributed by atoms with E-state index in [1.807, 2.05) is 0 Å². The Kier molecular flexibility index (Phi) is 3.27. The highest BCUT2D eigenvalue weighted by atomic mass is 19.3. The molecule has 0 spiro atoms. The van der Waals surface area contributed by atoms with E-state index in [1.54, 1.807) is 0 Å². The Morgan fingerprint density at radius 2 is 1.71 bits per heavy atom. The molecule has 0 radical (unpaired) electrons. The van der Waals surface area contributed by atoms with Crippen LogP contribution in [0, 0.1) is 0 Å². The van der Waals surface area contributed by atoms with Crippen molar-refractivity contribution < 1.29 is 49.3 Å². The lowest BCUT2D eigenvalue weighted by atomic mass is 10.3. The summed E-state index contributed by atoms with van der Waals surface area (Å²) < 4.78 is 106. The highest BCUT2D eigenvalue weighted by Gasteiger charge is 2.71. The second-order valence-electron chi connectivity index (χ2n) is 2.71. The van der Waals surface area contributed by atoms with Crippen LogP contribution in [-0.4, -0.2) is 24.6 Å². The van der Waals surface area contributed by atoms with Crippen LogP contribution in [0.15, 0.2) is 12.3 Å². The first kappa shape index (κ1) is 14.0. The molecule has 0 aromatic heterocycles. The smallest absolute Gasteiger partial charge is 0.433 e. The quantitative estimate of drug-likeness (QED) is 0.585. The lowest BCUT2D eigenvalue weighted by Crippen LogP contribution is -2.46. The molecule has 1 saturated heterocycles. The standard InChI is InChI=1S/C6H2F8O3/c7-2(8)1-15-4(9,10)3-5(11,12)17-6(13,14)16-3/h1,3H. The van der Waals surface area contributed by atoms with Gasteiger partial charge in [-0.05, 0) is 0 Å². The second kappa shape index (κ2) is 3.98. The Bertz CT molecular complexity index is 323. The lowest BCUT2D eigenvalue weighted by Gasteiger charge is -2.22. The first-order valence-corrected chi connectivity index (χ1v) is 3.67. The Hall–Kier alpha value is -1.10. The van der Waals surface area contributed by atoms with Crippen molar-refractivity contribution in [3.05, 3.63) is 12.3 Å². The minimum absolute atomic E-state index is 0.879. The zero-order valence-corrected chi connectivity index (χ0v) is 7.40. The van der Waals surface area contributed by atoms with Gasteiger partial charge in [-0.2, -0.15) is 26.3 Å². The number of halogens is 8. The molecule has 11 heteroatoms. The summed E-state index contributed by atoms with van der Waals surface area (Å²) >= 11 is 0. The van der Waals surface area contributed by atoms with Gasteiger partial charge in [0, 0.05) is 0 Å². The summed E-state index contributed by atoms with van der Waals surface area (Å²) in [5.41, 5.74) is 0. The average molecular weight is 274 g/mol. The number of alkyl halides is 6. The Morgan fingerprint density at radius 1 is 1.18 bits per heavy atom. The fourth-order valence-electron chi connectivity index (χ4n) is 0.891. The van der Waals surface area contributed by atoms with E-state index in [-0.39, 0.29) is 0 Å². The van der Waals surface area contributed by atoms with Crippen LogP contribution in [-0.2, 0) is 14.2 Å². The second-order valence-corrected chi connectivity index (χ2v) is 2.71. The predicted molar refractivity (Wildman–Crippen MR) is 32.2 cm³/mol. The molecule has 100 valence electrons. The number of hydrogen-bond donors (Lipinski definition) is 0. The third-order valence-corrected chi connectivity index (χ3v) is 1.43. The van der Waals surface area contributed by atoms with Crippen molar-refractivity contribution in [2.75, 3.05) is 0 Å². The summed E-state index contributed by atoms with van der Waals surface area (Å²) in [5.74, 6) is 0. The van der Waals surface area contributed by atoms with Crippen molar-refractivity contribution in [2.24, 2.45) is 0 Å². The number of ether oxygens (including phenoxy) is 3. The minimum atomic E-state index is -5.13. The van der Waals surface area contributed by atoms with Gasteiger partial charge in [0.1, 0.15) is 0 Å². The van der Waals surface area contributed by atoms with Gasteiger partial charge in [0.05, 0.1) is 0 Å². The van der Waals surface area contributed by atoms with E-state index >= 15 is 0 Å². The van der Waals surface area contributed by atoms with E-state index in [9.17, 15) is 35.1 Å². The molecule has 0 N–H and O–H groups in total. The zero-order valence-electron chi connectivity index (χ0n) is 7.40. The van der Waals surface area contributed by atoms with Crippen molar-refractivity contribution in [2.45, 2.75) is 24.6 Å². The van der Waals surface area contributed by atoms with Crippen LogP contribution in [0.3, 0.4) is 0 Å². The van der Waals surface area contributed by atoms with Crippen molar-refractivity contribution in [1.82, 2.24) is 0 Å². The summed E-state index contributed by atoms with van der Waals surface area (Å²) in [5, 5.41) is 0. The molecule has 17 heavy (non-hydrogen) atoms. The van der Waals surface area contributed by atoms with Gasteiger partial charge in [-0.15, -0.1) is 8.78 Å². The molecule has 1 rings (SSSR count). The van der Waals surface area contributed by atoms with Crippen LogP contribution < -0.4 is 0 Å². The van der Waals surface area contributed by atoms with E-state index in [0.29, 0.717) is 0 Å². The van der Waals surface area contributed by atoms with Gasteiger partial charge >= 0.3 is 24.6 Å². The van der Waals surface area contributed by atoms with Crippen LogP contribution in [0.1, 0.15) is 0 Å². The molecule has 0 saturated carbocycles. The van der Waals surface area contributed by atoms with Crippen molar-refractivity contribution in [1.29, 1.82) is 0 Å².